The average Bonchev–Trinajstić information content (AvgIpc) is 2.77. The first-order chi connectivity index (χ1) is 8.78. The molecule has 1 atom stereocenters. The number of hydrogen-bond donors (Lipinski definition) is 1. The molecule has 1 aliphatic rings. The van der Waals surface area contributed by atoms with Crippen LogP contribution in [0.15, 0.2) is 30.3 Å². The summed E-state index contributed by atoms with van der Waals surface area (Å²) in [6.07, 6.45) is 0. The highest BCUT2D eigenvalue weighted by atomic mass is 79.9. The molecular formula is C16H22BrNO. The van der Waals surface area contributed by atoms with Crippen molar-refractivity contribution >= 4 is 21.8 Å². The zero-order valence-electron chi connectivity index (χ0n) is 12.0. The number of hydrogen-bond acceptors (Lipinski definition) is 1. The Balaban J connectivity index is 1.89. The van der Waals surface area contributed by atoms with Gasteiger partial charge in [0.1, 0.15) is 0 Å². The van der Waals surface area contributed by atoms with E-state index in [2.05, 4.69) is 61.1 Å². The molecule has 1 aliphatic carbocycles. The van der Waals surface area contributed by atoms with E-state index in [-0.39, 0.29) is 27.5 Å². The Morgan fingerprint density at radius 1 is 1.21 bits per heavy atom. The molecule has 1 saturated carbocycles. The summed E-state index contributed by atoms with van der Waals surface area (Å²) in [6, 6.07) is 10.2. The SMILES string of the molecule is CC1(C)C(C(=O)NCC(Br)c2ccccc2)C1(C)C. The van der Waals surface area contributed by atoms with Gasteiger partial charge in [-0.1, -0.05) is 74.0 Å². The molecular weight excluding hydrogens is 302 g/mol. The molecule has 0 bridgehead atoms. The molecule has 104 valence electrons. The number of nitrogens with one attached hydrogen (secondary N) is 1. The predicted molar refractivity (Wildman–Crippen MR) is 82.2 cm³/mol. The van der Waals surface area contributed by atoms with E-state index in [1.165, 1.54) is 5.56 Å². The summed E-state index contributed by atoms with van der Waals surface area (Å²) in [6.45, 7) is 9.30. The van der Waals surface area contributed by atoms with E-state index in [4.69, 9.17) is 0 Å². The molecule has 0 aliphatic heterocycles. The minimum Gasteiger partial charge on any atom is -0.354 e. The quantitative estimate of drug-likeness (QED) is 0.836. The van der Waals surface area contributed by atoms with Gasteiger partial charge in [0.05, 0.1) is 4.83 Å². The lowest BCUT2D eigenvalue weighted by Crippen LogP contribution is -2.30. The third kappa shape index (κ3) is 2.58. The first-order valence-corrected chi connectivity index (χ1v) is 7.67. The monoisotopic (exact) mass is 323 g/mol. The maximum absolute atomic E-state index is 12.2. The van der Waals surface area contributed by atoms with Crippen LogP contribution < -0.4 is 5.32 Å². The van der Waals surface area contributed by atoms with Gasteiger partial charge in [0.25, 0.3) is 0 Å². The van der Waals surface area contributed by atoms with E-state index in [0.29, 0.717) is 6.54 Å². The Bertz CT molecular complexity index is 453. The molecule has 1 aromatic rings. The van der Waals surface area contributed by atoms with Crippen molar-refractivity contribution in [2.24, 2.45) is 16.7 Å². The van der Waals surface area contributed by atoms with Gasteiger partial charge in [-0.2, -0.15) is 0 Å². The van der Waals surface area contributed by atoms with Crippen molar-refractivity contribution in [3.63, 3.8) is 0 Å². The van der Waals surface area contributed by atoms with Gasteiger partial charge >= 0.3 is 0 Å². The van der Waals surface area contributed by atoms with Crippen LogP contribution in [0.4, 0.5) is 0 Å². The van der Waals surface area contributed by atoms with Crippen LogP contribution in [0.5, 0.6) is 0 Å². The number of carbonyl (C=O) groups excluding carboxylic acids is 1. The Kier molecular flexibility index (Phi) is 3.78. The molecule has 0 saturated heterocycles. The first kappa shape index (κ1) is 14.6. The van der Waals surface area contributed by atoms with Gasteiger partial charge in [-0.25, -0.2) is 0 Å². The van der Waals surface area contributed by atoms with Crippen LogP contribution in [0.25, 0.3) is 0 Å². The number of amides is 1. The van der Waals surface area contributed by atoms with E-state index in [1.807, 2.05) is 18.2 Å². The van der Waals surface area contributed by atoms with Crippen LogP contribution in [0, 0.1) is 16.7 Å². The van der Waals surface area contributed by atoms with Crippen LogP contribution in [0.3, 0.4) is 0 Å². The Labute approximate surface area is 124 Å². The molecule has 1 aromatic carbocycles. The molecule has 0 radical (unpaired) electrons. The van der Waals surface area contributed by atoms with Crippen molar-refractivity contribution in [3.8, 4) is 0 Å². The normalized spacial score (nSPS) is 21.7. The minimum absolute atomic E-state index is 0.103. The summed E-state index contributed by atoms with van der Waals surface area (Å²) >= 11 is 3.63. The zero-order valence-corrected chi connectivity index (χ0v) is 13.6. The van der Waals surface area contributed by atoms with Crippen molar-refractivity contribution in [1.82, 2.24) is 5.32 Å². The largest absolute Gasteiger partial charge is 0.354 e. The van der Waals surface area contributed by atoms with Gasteiger partial charge in [0.15, 0.2) is 0 Å². The summed E-state index contributed by atoms with van der Waals surface area (Å²) in [5, 5.41) is 3.07. The number of halogens is 1. The molecule has 1 N–H and O–H groups in total. The van der Waals surface area contributed by atoms with E-state index < -0.39 is 0 Å². The van der Waals surface area contributed by atoms with Crippen LogP contribution in [0.2, 0.25) is 0 Å². The lowest BCUT2D eigenvalue weighted by atomic mass is 10.0. The smallest absolute Gasteiger partial charge is 0.224 e. The Hall–Kier alpha value is -0.830. The minimum atomic E-state index is 0.103. The average molecular weight is 324 g/mol. The van der Waals surface area contributed by atoms with Gasteiger partial charge in [-0.05, 0) is 16.4 Å². The van der Waals surface area contributed by atoms with Crippen LogP contribution in [-0.2, 0) is 4.79 Å². The fourth-order valence-electron chi connectivity index (χ4n) is 2.92. The predicted octanol–water partition coefficient (Wildman–Crippen LogP) is 3.92. The maximum Gasteiger partial charge on any atom is 0.224 e. The van der Waals surface area contributed by atoms with Crippen molar-refractivity contribution < 1.29 is 4.79 Å². The van der Waals surface area contributed by atoms with Gasteiger partial charge in [0.2, 0.25) is 5.91 Å². The molecule has 1 amide bonds. The van der Waals surface area contributed by atoms with Crippen LogP contribution in [-0.4, -0.2) is 12.5 Å². The van der Waals surface area contributed by atoms with E-state index in [0.717, 1.165) is 0 Å². The Morgan fingerprint density at radius 2 is 1.74 bits per heavy atom. The molecule has 19 heavy (non-hydrogen) atoms. The second kappa shape index (κ2) is 4.93. The third-order valence-electron chi connectivity index (χ3n) is 4.90. The maximum atomic E-state index is 12.2. The highest BCUT2D eigenvalue weighted by Crippen LogP contribution is 2.68. The molecule has 3 heteroatoms. The molecule has 2 nitrogen and oxygen atoms in total. The summed E-state index contributed by atoms with van der Waals surface area (Å²) < 4.78 is 0. The summed E-state index contributed by atoms with van der Waals surface area (Å²) in [5.41, 5.74) is 1.40. The highest BCUT2D eigenvalue weighted by Gasteiger charge is 2.68. The van der Waals surface area contributed by atoms with Gasteiger partial charge < -0.3 is 5.32 Å². The summed E-state index contributed by atoms with van der Waals surface area (Å²) in [4.78, 5) is 12.4. The fourth-order valence-corrected chi connectivity index (χ4v) is 3.39. The van der Waals surface area contributed by atoms with Gasteiger partial charge in [-0.3, -0.25) is 4.79 Å². The van der Waals surface area contributed by atoms with Crippen LogP contribution in [0.1, 0.15) is 38.1 Å². The fraction of sp³-hybridized carbons (Fsp3) is 0.562. The zero-order chi connectivity index (χ0) is 14.3. The second-order valence-corrected chi connectivity index (χ2v) is 7.61. The van der Waals surface area contributed by atoms with E-state index >= 15 is 0 Å². The topological polar surface area (TPSA) is 29.1 Å². The molecule has 0 heterocycles. The number of rotatable bonds is 4. The van der Waals surface area contributed by atoms with Crippen molar-refractivity contribution in [2.75, 3.05) is 6.54 Å². The van der Waals surface area contributed by atoms with E-state index in [1.54, 1.807) is 0 Å². The Morgan fingerprint density at radius 3 is 2.21 bits per heavy atom. The van der Waals surface area contributed by atoms with Crippen LogP contribution >= 0.6 is 15.9 Å². The number of benzene rings is 1. The second-order valence-electron chi connectivity index (χ2n) is 6.50. The third-order valence-corrected chi connectivity index (χ3v) is 5.75. The molecule has 2 rings (SSSR count). The van der Waals surface area contributed by atoms with Gasteiger partial charge in [0, 0.05) is 12.5 Å². The van der Waals surface area contributed by atoms with Gasteiger partial charge in [-0.15, -0.1) is 0 Å². The van der Waals surface area contributed by atoms with Crippen molar-refractivity contribution in [3.05, 3.63) is 35.9 Å². The lowest BCUT2D eigenvalue weighted by molar-refractivity contribution is -0.123. The first-order valence-electron chi connectivity index (χ1n) is 6.75. The molecule has 0 spiro atoms. The molecule has 1 unspecified atom stereocenters. The number of alkyl halides is 1. The molecule has 1 fully saturated rings. The lowest BCUT2D eigenvalue weighted by Gasteiger charge is -2.12. The standard InChI is InChI=1S/C16H22BrNO/c1-15(2)13(16(15,3)4)14(19)18-10-12(17)11-8-6-5-7-9-11/h5-9,12-13H,10H2,1-4H3,(H,18,19). The van der Waals surface area contributed by atoms with E-state index in [9.17, 15) is 4.79 Å². The summed E-state index contributed by atoms with van der Waals surface area (Å²) in [7, 11) is 0. The summed E-state index contributed by atoms with van der Waals surface area (Å²) in [5.74, 6) is 0.297. The molecule has 0 aromatic heterocycles. The number of carbonyl (C=O) groups is 1. The highest BCUT2D eigenvalue weighted by molar-refractivity contribution is 9.09. The van der Waals surface area contributed by atoms with Crippen molar-refractivity contribution in [2.45, 2.75) is 32.5 Å². The van der Waals surface area contributed by atoms with Crippen molar-refractivity contribution in [1.29, 1.82) is 0 Å².